The molecule has 0 bridgehead atoms. The van der Waals surface area contributed by atoms with Gasteiger partial charge in [0.15, 0.2) is 0 Å². The fraction of sp³-hybridized carbons (Fsp3) is 0.0588. The molecular formula is C17H11BrCl2N2O2. The van der Waals surface area contributed by atoms with Crippen molar-refractivity contribution in [1.82, 2.24) is 10.2 Å². The van der Waals surface area contributed by atoms with Gasteiger partial charge in [0.2, 0.25) is 0 Å². The number of hydrogen-bond acceptors (Lipinski definition) is 3. The van der Waals surface area contributed by atoms with Crippen LogP contribution in [0, 0.1) is 0 Å². The minimum atomic E-state index is -0.232. The second-order valence-electron chi connectivity index (χ2n) is 5.03. The van der Waals surface area contributed by atoms with E-state index < -0.39 is 0 Å². The van der Waals surface area contributed by atoms with Gasteiger partial charge in [-0.2, -0.15) is 5.10 Å². The molecule has 0 spiro atoms. The van der Waals surface area contributed by atoms with Crippen LogP contribution >= 0.6 is 39.1 Å². The summed E-state index contributed by atoms with van der Waals surface area (Å²) in [4.78, 5) is 11.1. The summed E-state index contributed by atoms with van der Waals surface area (Å²) >= 11 is 15.6. The first kappa shape index (κ1) is 17.0. The quantitative estimate of drug-likeness (QED) is 0.623. The Morgan fingerprint density at radius 1 is 1.04 bits per heavy atom. The van der Waals surface area contributed by atoms with Crippen molar-refractivity contribution in [2.75, 3.05) is 0 Å². The van der Waals surface area contributed by atoms with Crippen molar-refractivity contribution in [3.05, 3.63) is 84.7 Å². The Hall–Kier alpha value is -1.82. The fourth-order valence-corrected chi connectivity index (χ4v) is 2.74. The van der Waals surface area contributed by atoms with Gasteiger partial charge in [-0.1, -0.05) is 29.3 Å². The third-order valence-electron chi connectivity index (χ3n) is 3.23. The van der Waals surface area contributed by atoms with Crippen molar-refractivity contribution in [3.8, 4) is 11.5 Å². The molecule has 0 aliphatic carbocycles. The lowest BCUT2D eigenvalue weighted by Crippen LogP contribution is -2.07. The molecule has 1 aromatic heterocycles. The zero-order chi connectivity index (χ0) is 17.1. The third-order valence-corrected chi connectivity index (χ3v) is 4.43. The molecular weight excluding hydrogens is 415 g/mol. The number of aromatic amines is 1. The first-order valence-corrected chi connectivity index (χ1v) is 8.52. The van der Waals surface area contributed by atoms with Crippen LogP contribution in [0.3, 0.4) is 0 Å². The van der Waals surface area contributed by atoms with E-state index in [1.54, 1.807) is 30.3 Å². The average Bonchev–Trinajstić information content (AvgIpc) is 2.56. The molecule has 0 aliphatic rings. The summed E-state index contributed by atoms with van der Waals surface area (Å²) in [6.45, 7) is 0. The van der Waals surface area contributed by atoms with Gasteiger partial charge in [0.05, 0.1) is 15.2 Å². The van der Waals surface area contributed by atoms with E-state index in [1.165, 1.54) is 6.07 Å². The molecule has 1 N–H and O–H groups in total. The Morgan fingerprint density at radius 3 is 2.62 bits per heavy atom. The molecule has 3 rings (SSSR count). The van der Waals surface area contributed by atoms with Crippen molar-refractivity contribution in [2.24, 2.45) is 0 Å². The predicted molar refractivity (Wildman–Crippen MR) is 98.3 cm³/mol. The lowest BCUT2D eigenvalue weighted by atomic mass is 10.1. The highest BCUT2D eigenvalue weighted by molar-refractivity contribution is 9.10. The fourth-order valence-electron chi connectivity index (χ4n) is 2.09. The molecule has 2 aromatic carbocycles. The summed E-state index contributed by atoms with van der Waals surface area (Å²) in [6.07, 6.45) is 0.543. The highest BCUT2D eigenvalue weighted by Gasteiger charge is 2.09. The van der Waals surface area contributed by atoms with Gasteiger partial charge in [0.1, 0.15) is 11.5 Å². The first-order valence-electron chi connectivity index (χ1n) is 6.97. The monoisotopic (exact) mass is 424 g/mol. The van der Waals surface area contributed by atoms with E-state index in [-0.39, 0.29) is 5.56 Å². The Morgan fingerprint density at radius 2 is 1.88 bits per heavy atom. The summed E-state index contributed by atoms with van der Waals surface area (Å²) in [5, 5.41) is 7.47. The highest BCUT2D eigenvalue weighted by Crippen LogP contribution is 2.36. The van der Waals surface area contributed by atoms with Gasteiger partial charge >= 0.3 is 0 Å². The second-order valence-corrected chi connectivity index (χ2v) is 6.73. The van der Waals surface area contributed by atoms with Gasteiger partial charge in [-0.15, -0.1) is 0 Å². The van der Waals surface area contributed by atoms with Crippen LogP contribution in [-0.4, -0.2) is 10.2 Å². The summed E-state index contributed by atoms with van der Waals surface area (Å²) in [5.74, 6) is 1.09. The molecule has 0 aliphatic heterocycles. The molecule has 3 aromatic rings. The van der Waals surface area contributed by atoms with Gasteiger partial charge < -0.3 is 4.74 Å². The number of nitrogens with one attached hydrogen (secondary N) is 1. The van der Waals surface area contributed by atoms with Gasteiger partial charge in [-0.25, -0.2) is 5.10 Å². The predicted octanol–water partition coefficient (Wildman–Crippen LogP) is 5.22. The second kappa shape index (κ2) is 7.38. The molecule has 122 valence electrons. The normalized spacial score (nSPS) is 10.6. The number of rotatable bonds is 4. The van der Waals surface area contributed by atoms with Gasteiger partial charge in [-0.3, -0.25) is 4.79 Å². The minimum absolute atomic E-state index is 0.232. The van der Waals surface area contributed by atoms with Crippen molar-refractivity contribution in [1.29, 1.82) is 0 Å². The summed E-state index contributed by atoms with van der Waals surface area (Å²) in [7, 11) is 0. The van der Waals surface area contributed by atoms with E-state index in [0.717, 1.165) is 15.7 Å². The summed E-state index contributed by atoms with van der Waals surface area (Å²) < 4.78 is 6.65. The van der Waals surface area contributed by atoms with Crippen LogP contribution < -0.4 is 10.3 Å². The van der Waals surface area contributed by atoms with E-state index in [2.05, 4.69) is 26.1 Å². The smallest absolute Gasteiger partial charge is 0.264 e. The topological polar surface area (TPSA) is 55.0 Å². The van der Waals surface area contributed by atoms with Gasteiger partial charge in [0, 0.05) is 23.6 Å². The van der Waals surface area contributed by atoms with Gasteiger partial charge in [0.25, 0.3) is 5.56 Å². The molecule has 0 fully saturated rings. The lowest BCUT2D eigenvalue weighted by molar-refractivity contribution is 0.479. The maximum Gasteiger partial charge on any atom is 0.264 e. The van der Waals surface area contributed by atoms with Crippen molar-refractivity contribution in [3.63, 3.8) is 0 Å². The third kappa shape index (κ3) is 4.17. The van der Waals surface area contributed by atoms with Crippen molar-refractivity contribution < 1.29 is 4.74 Å². The zero-order valence-corrected chi connectivity index (χ0v) is 15.3. The molecule has 24 heavy (non-hydrogen) atoms. The molecule has 0 radical (unpaired) electrons. The Balaban J connectivity index is 1.87. The van der Waals surface area contributed by atoms with Crippen LogP contribution in [0.25, 0.3) is 0 Å². The van der Waals surface area contributed by atoms with Crippen LogP contribution in [-0.2, 0) is 6.42 Å². The van der Waals surface area contributed by atoms with Crippen LogP contribution in [0.4, 0.5) is 0 Å². The number of benzene rings is 2. The standard InChI is InChI=1S/C17H11BrCl2N2O2/c18-13-4-2-11(19)9-15(13)24-16-8-10(1-5-14(16)20)7-12-3-6-17(23)22-21-12/h1-6,8-9H,7H2,(H,22,23). The van der Waals surface area contributed by atoms with Crippen molar-refractivity contribution in [2.45, 2.75) is 6.42 Å². The number of halogens is 3. The largest absolute Gasteiger partial charge is 0.455 e. The first-order chi connectivity index (χ1) is 11.5. The summed E-state index contributed by atoms with van der Waals surface area (Å²) in [5.41, 5.74) is 1.46. The molecule has 1 heterocycles. The molecule has 0 unspecified atom stereocenters. The maximum absolute atomic E-state index is 11.1. The Kier molecular flexibility index (Phi) is 5.23. The Bertz CT molecular complexity index is 924. The van der Waals surface area contributed by atoms with Crippen LogP contribution in [0.2, 0.25) is 10.0 Å². The summed E-state index contributed by atoms with van der Waals surface area (Å²) in [6, 6.07) is 13.9. The van der Waals surface area contributed by atoms with E-state index in [9.17, 15) is 4.79 Å². The number of ether oxygens (including phenoxy) is 1. The minimum Gasteiger partial charge on any atom is -0.455 e. The maximum atomic E-state index is 11.1. The van der Waals surface area contributed by atoms with Crippen LogP contribution in [0.15, 0.2) is 57.8 Å². The number of H-pyrrole nitrogens is 1. The molecule has 0 amide bonds. The SMILES string of the molecule is O=c1ccc(Cc2ccc(Cl)c(Oc3cc(Cl)ccc3Br)c2)n[nH]1. The lowest BCUT2D eigenvalue weighted by Gasteiger charge is -2.11. The van der Waals surface area contributed by atoms with E-state index in [0.29, 0.717) is 28.0 Å². The molecule has 7 heteroatoms. The van der Waals surface area contributed by atoms with Crippen LogP contribution in [0.1, 0.15) is 11.3 Å². The van der Waals surface area contributed by atoms with Crippen molar-refractivity contribution >= 4 is 39.1 Å². The number of hydrogen-bond donors (Lipinski definition) is 1. The number of nitrogens with zero attached hydrogens (tertiary/aromatic N) is 1. The van der Waals surface area contributed by atoms with Gasteiger partial charge in [-0.05, 0) is 51.8 Å². The van der Waals surface area contributed by atoms with E-state index >= 15 is 0 Å². The molecule has 0 saturated heterocycles. The molecule has 4 nitrogen and oxygen atoms in total. The molecule has 0 atom stereocenters. The molecule has 0 saturated carbocycles. The number of aromatic nitrogens is 2. The highest BCUT2D eigenvalue weighted by atomic mass is 79.9. The average molecular weight is 426 g/mol. The Labute approximate surface area is 156 Å². The van der Waals surface area contributed by atoms with E-state index in [1.807, 2.05) is 12.1 Å². The van der Waals surface area contributed by atoms with Crippen LogP contribution in [0.5, 0.6) is 11.5 Å². The van der Waals surface area contributed by atoms with E-state index in [4.69, 9.17) is 27.9 Å². The zero-order valence-electron chi connectivity index (χ0n) is 12.2.